The third kappa shape index (κ3) is 4.09. The number of esters is 2. The van der Waals surface area contributed by atoms with Gasteiger partial charge in [-0.1, -0.05) is 19.9 Å². The van der Waals surface area contributed by atoms with Gasteiger partial charge < -0.3 is 24.6 Å². The number of hydrogen-bond donors (Lipinski definition) is 2. The van der Waals surface area contributed by atoms with Crippen LogP contribution in [0.4, 0.5) is 0 Å². The summed E-state index contributed by atoms with van der Waals surface area (Å²) in [6.45, 7) is 5.72. The van der Waals surface area contributed by atoms with Crippen LogP contribution in [-0.4, -0.2) is 43.7 Å². The van der Waals surface area contributed by atoms with Crippen LogP contribution in [0.1, 0.15) is 45.1 Å². The van der Waals surface area contributed by atoms with Crippen molar-refractivity contribution in [1.82, 2.24) is 5.32 Å². The molecule has 8 nitrogen and oxygen atoms in total. The predicted molar refractivity (Wildman–Crippen MR) is 116 cm³/mol. The number of methoxy groups -OCH3 is 2. The van der Waals surface area contributed by atoms with Gasteiger partial charge in [0.25, 0.3) is 0 Å². The Labute approximate surface area is 187 Å². The molecule has 0 saturated heterocycles. The first-order chi connectivity index (χ1) is 15.2. The van der Waals surface area contributed by atoms with Crippen molar-refractivity contribution in [2.75, 3.05) is 20.8 Å². The number of phenolic OH excluding ortho intramolecular Hbond substituents is 1. The van der Waals surface area contributed by atoms with Crippen LogP contribution in [0.5, 0.6) is 11.5 Å². The minimum Gasteiger partial charge on any atom is -0.504 e. The van der Waals surface area contributed by atoms with Crippen LogP contribution >= 0.6 is 0 Å². The molecule has 1 heterocycles. The van der Waals surface area contributed by atoms with Crippen molar-refractivity contribution in [2.24, 2.45) is 11.8 Å². The number of allylic oxidation sites excluding steroid dienone is 3. The highest BCUT2D eigenvalue weighted by Crippen LogP contribution is 2.46. The summed E-state index contributed by atoms with van der Waals surface area (Å²) < 4.78 is 15.6. The number of ether oxygens (including phenoxy) is 3. The van der Waals surface area contributed by atoms with E-state index in [0.29, 0.717) is 35.4 Å². The minimum absolute atomic E-state index is 0.0637. The van der Waals surface area contributed by atoms with Gasteiger partial charge in [0.1, 0.15) is 5.92 Å². The normalized spacial score (nSPS) is 22.8. The van der Waals surface area contributed by atoms with E-state index in [4.69, 9.17) is 14.2 Å². The third-order valence-electron chi connectivity index (χ3n) is 5.94. The van der Waals surface area contributed by atoms with Gasteiger partial charge in [0.15, 0.2) is 17.3 Å². The van der Waals surface area contributed by atoms with Crippen molar-refractivity contribution in [3.8, 4) is 11.5 Å². The van der Waals surface area contributed by atoms with Crippen LogP contribution in [0.25, 0.3) is 0 Å². The summed E-state index contributed by atoms with van der Waals surface area (Å²) in [5, 5.41) is 13.3. The lowest BCUT2D eigenvalue weighted by atomic mass is 9.69. The highest BCUT2D eigenvalue weighted by Gasteiger charge is 2.47. The molecular weight excluding hydrogens is 414 g/mol. The first-order valence-electron chi connectivity index (χ1n) is 10.6. The molecule has 3 rings (SSSR count). The smallest absolute Gasteiger partial charge is 0.336 e. The number of nitrogens with one attached hydrogen (secondary N) is 1. The van der Waals surface area contributed by atoms with Crippen LogP contribution in [0.15, 0.2) is 40.7 Å². The van der Waals surface area contributed by atoms with Crippen molar-refractivity contribution >= 4 is 17.7 Å². The Hall–Kier alpha value is -3.29. The van der Waals surface area contributed by atoms with Crippen molar-refractivity contribution in [1.29, 1.82) is 0 Å². The Kier molecular flexibility index (Phi) is 6.91. The lowest BCUT2D eigenvalue weighted by molar-refractivity contribution is -0.151. The monoisotopic (exact) mass is 443 g/mol. The molecule has 0 bridgehead atoms. The van der Waals surface area contributed by atoms with E-state index in [2.05, 4.69) is 5.32 Å². The van der Waals surface area contributed by atoms with E-state index in [1.165, 1.54) is 20.3 Å². The zero-order chi connectivity index (χ0) is 23.6. The van der Waals surface area contributed by atoms with E-state index in [0.717, 1.165) is 0 Å². The van der Waals surface area contributed by atoms with Gasteiger partial charge in [0.2, 0.25) is 0 Å². The first kappa shape index (κ1) is 23.4. The van der Waals surface area contributed by atoms with E-state index in [-0.39, 0.29) is 35.4 Å². The summed E-state index contributed by atoms with van der Waals surface area (Å²) in [6, 6.07) is 4.68. The number of dihydropyridines is 1. The molecule has 2 N–H and O–H groups in total. The van der Waals surface area contributed by atoms with Crippen LogP contribution in [-0.2, 0) is 23.9 Å². The minimum atomic E-state index is -0.964. The molecule has 0 radical (unpaired) electrons. The second kappa shape index (κ2) is 9.46. The largest absolute Gasteiger partial charge is 0.504 e. The number of phenols is 1. The van der Waals surface area contributed by atoms with Gasteiger partial charge in [-0.15, -0.1) is 0 Å². The van der Waals surface area contributed by atoms with Crippen LogP contribution in [0, 0.1) is 11.8 Å². The molecule has 1 aliphatic carbocycles. The molecular formula is C24H29NO7. The van der Waals surface area contributed by atoms with E-state index in [1.807, 2.05) is 13.8 Å². The number of benzene rings is 1. The number of Topliss-reactive ketones (excluding diaryl/α,β-unsaturated/α-hetero) is 1. The molecule has 0 saturated carbocycles. The lowest BCUT2D eigenvalue weighted by Gasteiger charge is -2.38. The second-order valence-electron chi connectivity index (χ2n) is 8.10. The fraction of sp³-hybridized carbons (Fsp3) is 0.458. The molecule has 32 heavy (non-hydrogen) atoms. The quantitative estimate of drug-likeness (QED) is 0.510. The van der Waals surface area contributed by atoms with Gasteiger partial charge in [-0.05, 0) is 43.4 Å². The summed E-state index contributed by atoms with van der Waals surface area (Å²) >= 11 is 0. The number of ketones is 1. The zero-order valence-corrected chi connectivity index (χ0v) is 19.0. The summed E-state index contributed by atoms with van der Waals surface area (Å²) in [5.41, 5.74) is 2.45. The fourth-order valence-corrected chi connectivity index (χ4v) is 4.43. The number of hydrogen-bond acceptors (Lipinski definition) is 8. The predicted octanol–water partition coefficient (Wildman–Crippen LogP) is 2.97. The Morgan fingerprint density at radius 2 is 1.97 bits per heavy atom. The molecule has 0 unspecified atom stereocenters. The Morgan fingerprint density at radius 1 is 1.25 bits per heavy atom. The standard InChI is InChI=1S/C24H29NO7/c1-6-9-32-24(29)19-13(3)25-15-10-12(2)18(23(28)31-5)22(27)21(15)20(19)14-7-8-16(26)17(11-14)30-4/h7-8,11-12,18,20,25-26H,6,9-10H2,1-5H3/t12-,18-,20-/m1/s1. The van der Waals surface area contributed by atoms with Gasteiger partial charge >= 0.3 is 11.9 Å². The van der Waals surface area contributed by atoms with Crippen molar-refractivity contribution in [3.63, 3.8) is 0 Å². The average molecular weight is 443 g/mol. The summed E-state index contributed by atoms with van der Waals surface area (Å²) in [5.74, 6) is -3.39. The van der Waals surface area contributed by atoms with Crippen molar-refractivity contribution in [3.05, 3.63) is 46.3 Å². The molecule has 0 amide bonds. The lowest BCUT2D eigenvalue weighted by Crippen LogP contribution is -2.43. The maximum absolute atomic E-state index is 13.6. The number of carbonyl (C=O) groups excluding carboxylic acids is 3. The summed E-state index contributed by atoms with van der Waals surface area (Å²) in [4.78, 5) is 39.1. The molecule has 8 heteroatoms. The second-order valence-corrected chi connectivity index (χ2v) is 8.10. The third-order valence-corrected chi connectivity index (χ3v) is 5.94. The average Bonchev–Trinajstić information content (AvgIpc) is 2.76. The molecule has 1 aromatic carbocycles. The van der Waals surface area contributed by atoms with Crippen LogP contribution in [0.2, 0.25) is 0 Å². The van der Waals surface area contributed by atoms with Gasteiger partial charge in [-0.3, -0.25) is 9.59 Å². The number of rotatable bonds is 6. The molecule has 1 aliphatic heterocycles. The topological polar surface area (TPSA) is 111 Å². The van der Waals surface area contributed by atoms with Crippen molar-refractivity contribution < 1.29 is 33.7 Å². The summed E-state index contributed by atoms with van der Waals surface area (Å²) in [6.07, 6.45) is 1.10. The zero-order valence-electron chi connectivity index (χ0n) is 19.0. The Balaban J connectivity index is 2.20. The molecule has 0 fully saturated rings. The van der Waals surface area contributed by atoms with E-state index in [9.17, 15) is 19.5 Å². The van der Waals surface area contributed by atoms with Crippen LogP contribution < -0.4 is 10.1 Å². The number of aromatic hydroxyl groups is 1. The Morgan fingerprint density at radius 3 is 2.59 bits per heavy atom. The van der Waals surface area contributed by atoms with E-state index in [1.54, 1.807) is 19.1 Å². The molecule has 0 spiro atoms. The fourth-order valence-electron chi connectivity index (χ4n) is 4.43. The maximum atomic E-state index is 13.6. The Bertz CT molecular complexity index is 1010. The highest BCUT2D eigenvalue weighted by molar-refractivity contribution is 6.12. The van der Waals surface area contributed by atoms with Crippen LogP contribution in [0.3, 0.4) is 0 Å². The van der Waals surface area contributed by atoms with E-state index < -0.39 is 23.8 Å². The van der Waals surface area contributed by atoms with Gasteiger partial charge in [-0.2, -0.15) is 0 Å². The summed E-state index contributed by atoms with van der Waals surface area (Å²) in [7, 11) is 2.68. The van der Waals surface area contributed by atoms with Gasteiger partial charge in [-0.25, -0.2) is 4.79 Å². The molecule has 172 valence electrons. The molecule has 3 atom stereocenters. The maximum Gasteiger partial charge on any atom is 0.336 e. The van der Waals surface area contributed by atoms with Crippen molar-refractivity contribution in [2.45, 2.75) is 39.5 Å². The molecule has 0 aromatic heterocycles. The highest BCUT2D eigenvalue weighted by atomic mass is 16.5. The van der Waals surface area contributed by atoms with Gasteiger partial charge in [0.05, 0.1) is 26.4 Å². The molecule has 2 aliphatic rings. The van der Waals surface area contributed by atoms with Gasteiger partial charge in [0, 0.05) is 22.9 Å². The number of carbonyl (C=O) groups is 3. The molecule has 1 aromatic rings. The SMILES string of the molecule is CCCOC(=O)C1=C(C)NC2=C(C(=O)[C@H](C(=O)OC)[C@H](C)C2)[C@@H]1c1ccc(O)c(OC)c1. The first-order valence-corrected chi connectivity index (χ1v) is 10.6. The van der Waals surface area contributed by atoms with E-state index >= 15 is 0 Å².